The molecule has 1 N–H and O–H groups in total. The van der Waals surface area contributed by atoms with Gasteiger partial charge in [0.25, 0.3) is 0 Å². The molecule has 1 heterocycles. The van der Waals surface area contributed by atoms with Crippen LogP contribution in [0.2, 0.25) is 6.04 Å². The zero-order valence-corrected chi connectivity index (χ0v) is 13.5. The van der Waals surface area contributed by atoms with E-state index in [1.165, 1.54) is 30.0 Å². The van der Waals surface area contributed by atoms with Crippen LogP contribution in [0.5, 0.6) is 0 Å². The molecule has 0 bridgehead atoms. The molecule has 0 aliphatic carbocycles. The Balaban J connectivity index is 0.000000211. The lowest BCUT2D eigenvalue weighted by atomic mass is 10.1. The van der Waals surface area contributed by atoms with Gasteiger partial charge in [-0.3, -0.25) is 0 Å². The fraction of sp³-hybridized carbons (Fsp3) is 0.250. The molecule has 0 spiro atoms. The average molecular weight is 299 g/mol. The van der Waals surface area contributed by atoms with Crippen LogP contribution in [0.3, 0.4) is 0 Å². The molecule has 1 fully saturated rings. The first kappa shape index (κ1) is 16.8. The Morgan fingerprint density at radius 1 is 0.800 bits per heavy atom. The molecule has 2 aromatic rings. The van der Waals surface area contributed by atoms with Crippen LogP contribution < -0.4 is 0 Å². The Morgan fingerprint density at radius 3 is 1.55 bits per heavy atom. The molecule has 0 unspecified atom stereocenters. The van der Waals surface area contributed by atoms with Crippen molar-refractivity contribution in [3.63, 3.8) is 0 Å². The highest BCUT2D eigenvalue weighted by Gasteiger charge is 1.97. The van der Waals surface area contributed by atoms with Crippen LogP contribution in [0.25, 0.3) is 11.1 Å². The first-order chi connectivity index (χ1) is 9.97. The van der Waals surface area contributed by atoms with E-state index in [1.807, 2.05) is 22.6 Å². The van der Waals surface area contributed by atoms with E-state index in [-0.39, 0.29) is 0 Å². The summed E-state index contributed by atoms with van der Waals surface area (Å²) in [4.78, 5) is 6.81. The van der Waals surface area contributed by atoms with Crippen molar-refractivity contribution >= 4 is 20.2 Å². The maximum atomic E-state index is 6.81. The molecule has 0 atom stereocenters. The second kappa shape index (κ2) is 11.6. The van der Waals surface area contributed by atoms with Crippen LogP contribution in [0.1, 0.15) is 12.8 Å². The van der Waals surface area contributed by atoms with Crippen LogP contribution in [-0.4, -0.2) is 31.7 Å². The molecule has 0 saturated carbocycles. The fourth-order valence-corrected chi connectivity index (χ4v) is 2.60. The molecule has 0 aromatic heterocycles. The van der Waals surface area contributed by atoms with Crippen molar-refractivity contribution in [3.05, 3.63) is 60.7 Å². The van der Waals surface area contributed by atoms with Gasteiger partial charge in [-0.15, -0.1) is 0 Å². The third kappa shape index (κ3) is 6.81. The van der Waals surface area contributed by atoms with Crippen LogP contribution in [0.15, 0.2) is 60.7 Å². The number of rotatable bonds is 1. The lowest BCUT2D eigenvalue weighted by molar-refractivity contribution is 0.304. The highest BCUT2D eigenvalue weighted by Crippen LogP contribution is 2.17. The van der Waals surface area contributed by atoms with E-state index in [0.717, 1.165) is 16.4 Å². The first-order valence-corrected chi connectivity index (χ1v) is 8.20. The minimum atomic E-state index is 0.802. The number of benzene rings is 2. The maximum absolute atomic E-state index is 6.81. The van der Waals surface area contributed by atoms with Gasteiger partial charge in [0.1, 0.15) is 0 Å². The lowest BCUT2D eigenvalue weighted by Gasteiger charge is -2.06. The number of hydrogen-bond acceptors (Lipinski definition) is 2. The largest absolute Gasteiger partial charge is 0.433 e. The zero-order chi connectivity index (χ0) is 14.5. The topological polar surface area (TPSA) is 29.5 Å². The van der Waals surface area contributed by atoms with Gasteiger partial charge >= 0.3 is 0 Å². The van der Waals surface area contributed by atoms with Gasteiger partial charge in [-0.1, -0.05) is 67.1 Å². The summed E-state index contributed by atoms with van der Waals surface area (Å²) in [6.07, 6.45) is 2.67. The number of hydrogen-bond donors (Lipinski definition) is 1. The molecular weight excluding hydrogens is 280 g/mol. The van der Waals surface area contributed by atoms with Crippen molar-refractivity contribution < 1.29 is 9.22 Å². The molecule has 5 radical (unpaired) electrons. The van der Waals surface area contributed by atoms with Crippen LogP contribution in [0.4, 0.5) is 0 Å². The highest BCUT2D eigenvalue weighted by atomic mass is 28.2. The van der Waals surface area contributed by atoms with E-state index in [2.05, 4.69) is 48.5 Å². The van der Waals surface area contributed by atoms with E-state index in [1.54, 1.807) is 0 Å². The second-order valence-electron chi connectivity index (χ2n) is 4.18. The van der Waals surface area contributed by atoms with Crippen molar-refractivity contribution in [2.75, 3.05) is 6.61 Å². The molecule has 20 heavy (non-hydrogen) atoms. The predicted molar refractivity (Wildman–Crippen MR) is 85.6 cm³/mol. The lowest BCUT2D eigenvalue weighted by Crippen LogP contribution is -2.06. The van der Waals surface area contributed by atoms with Gasteiger partial charge < -0.3 is 9.22 Å². The SMILES string of the molecule is C1CC[Si]OC1.O[Si].c1ccc(-c2ccccc2)cc1. The van der Waals surface area contributed by atoms with Gasteiger partial charge in [0.15, 0.2) is 0 Å². The Labute approximate surface area is 127 Å². The second-order valence-corrected chi connectivity index (χ2v) is 5.26. The van der Waals surface area contributed by atoms with E-state index in [0.29, 0.717) is 0 Å². The van der Waals surface area contributed by atoms with Gasteiger partial charge in [0.2, 0.25) is 20.2 Å². The fourth-order valence-electron chi connectivity index (χ4n) is 1.78. The molecule has 1 aliphatic rings. The normalized spacial score (nSPS) is 13.3. The highest BCUT2D eigenvalue weighted by molar-refractivity contribution is 6.27. The van der Waals surface area contributed by atoms with E-state index < -0.39 is 0 Å². The molecule has 2 aromatic carbocycles. The van der Waals surface area contributed by atoms with Crippen molar-refractivity contribution in [2.24, 2.45) is 0 Å². The third-order valence-corrected chi connectivity index (χ3v) is 3.72. The standard InChI is InChI=1S/C12H10.C4H8OSi.HOSi/c1-3-7-11(8-4-1)12-9-5-2-6-10-12;1-2-4-6-5-3-1;1-2/h1-10H;1-4H2;1H. The Hall–Kier alpha value is -1.21. The molecule has 3 rings (SSSR count). The Bertz CT molecular complexity index is 382. The summed E-state index contributed by atoms with van der Waals surface area (Å²) < 4.78 is 5.10. The zero-order valence-electron chi connectivity index (χ0n) is 11.5. The quantitative estimate of drug-likeness (QED) is 0.819. The first-order valence-electron chi connectivity index (χ1n) is 6.64. The Kier molecular flexibility index (Phi) is 9.78. The van der Waals surface area contributed by atoms with Gasteiger partial charge in [0, 0.05) is 6.61 Å². The molecule has 4 heteroatoms. The predicted octanol–water partition coefficient (Wildman–Crippen LogP) is 3.25. The summed E-state index contributed by atoms with van der Waals surface area (Å²) in [7, 11) is 2.77. The molecule has 103 valence electrons. The summed E-state index contributed by atoms with van der Waals surface area (Å²) in [5.74, 6) is 0. The van der Waals surface area contributed by atoms with Crippen LogP contribution in [-0.2, 0) is 4.43 Å². The van der Waals surface area contributed by atoms with Crippen molar-refractivity contribution in [2.45, 2.75) is 18.9 Å². The summed E-state index contributed by atoms with van der Waals surface area (Å²) >= 11 is 0. The van der Waals surface area contributed by atoms with Gasteiger partial charge in [-0.05, 0) is 23.6 Å². The van der Waals surface area contributed by atoms with Gasteiger partial charge in [0.05, 0.1) is 0 Å². The van der Waals surface area contributed by atoms with Crippen molar-refractivity contribution in [3.8, 4) is 11.1 Å². The molecule has 0 amide bonds. The summed E-state index contributed by atoms with van der Waals surface area (Å²) in [5.41, 5.74) is 2.55. The molecular formula is C16H19O2Si2. The van der Waals surface area contributed by atoms with E-state index >= 15 is 0 Å². The van der Waals surface area contributed by atoms with Crippen molar-refractivity contribution in [1.82, 2.24) is 0 Å². The molecule has 1 saturated heterocycles. The average Bonchev–Trinajstić information content (AvgIpc) is 2.60. The maximum Gasteiger partial charge on any atom is 0.240 e. The molecule has 2 nitrogen and oxygen atoms in total. The van der Waals surface area contributed by atoms with Crippen molar-refractivity contribution in [1.29, 1.82) is 0 Å². The van der Waals surface area contributed by atoms with Gasteiger partial charge in [-0.25, -0.2) is 0 Å². The Morgan fingerprint density at radius 2 is 1.30 bits per heavy atom. The minimum absolute atomic E-state index is 0.802. The minimum Gasteiger partial charge on any atom is -0.433 e. The van der Waals surface area contributed by atoms with E-state index in [4.69, 9.17) is 9.22 Å². The van der Waals surface area contributed by atoms with E-state index in [9.17, 15) is 0 Å². The molecule has 1 aliphatic heterocycles. The summed E-state index contributed by atoms with van der Waals surface area (Å²) in [6.45, 7) is 1.01. The monoisotopic (exact) mass is 299 g/mol. The van der Waals surface area contributed by atoms with Gasteiger partial charge in [-0.2, -0.15) is 0 Å². The van der Waals surface area contributed by atoms with Crippen LogP contribution in [0, 0.1) is 0 Å². The third-order valence-electron chi connectivity index (χ3n) is 2.76. The summed E-state index contributed by atoms with van der Waals surface area (Å²) in [6, 6.07) is 22.1. The summed E-state index contributed by atoms with van der Waals surface area (Å²) in [5, 5.41) is 0. The van der Waals surface area contributed by atoms with Crippen LogP contribution >= 0.6 is 0 Å². The smallest absolute Gasteiger partial charge is 0.240 e.